The zero-order valence-electron chi connectivity index (χ0n) is 18.1. The zero-order chi connectivity index (χ0) is 23.6. The average molecular weight is 621 g/mol. The molecule has 0 aliphatic heterocycles. The molecule has 0 saturated carbocycles. The van der Waals surface area contributed by atoms with Crippen LogP contribution < -0.4 is 11.5 Å². The molecule has 4 N–H and O–H groups in total. The van der Waals surface area contributed by atoms with E-state index in [1.807, 2.05) is 9.36 Å². The van der Waals surface area contributed by atoms with Gasteiger partial charge in [-0.2, -0.15) is 10.2 Å². The van der Waals surface area contributed by atoms with E-state index in [1.165, 1.54) is 12.7 Å². The van der Waals surface area contributed by atoms with Gasteiger partial charge in [0.2, 0.25) is 0 Å². The number of anilines is 2. The van der Waals surface area contributed by atoms with Gasteiger partial charge in [0.05, 0.1) is 28.0 Å². The van der Waals surface area contributed by atoms with E-state index in [0.717, 1.165) is 22.1 Å². The van der Waals surface area contributed by atoms with Crippen molar-refractivity contribution in [3.8, 4) is 0 Å². The Morgan fingerprint density at radius 1 is 0.774 bits per heavy atom. The molecule has 168 valence electrons. The van der Waals surface area contributed by atoms with Gasteiger partial charge in [-0.15, -0.1) is 0 Å². The molecule has 0 unspecified atom stereocenters. The summed E-state index contributed by atoms with van der Waals surface area (Å²) in [5.41, 5.74) is 12.8. The van der Waals surface area contributed by atoms with Crippen LogP contribution in [0.2, 0.25) is 0 Å². The van der Waals surface area contributed by atoms with E-state index >= 15 is 0 Å². The highest BCUT2D eigenvalue weighted by Crippen LogP contribution is 2.29. The molecule has 0 aliphatic rings. The lowest BCUT2D eigenvalue weighted by atomic mass is 10.1. The summed E-state index contributed by atoms with van der Waals surface area (Å²) < 4.78 is 4.37. The standard InChI is InChI=1S/C9H12BrN5.C9H13N5.Br2/c1-9(2,3)15-8-5(6(10)14-15)7(11)12-4-13-8;1-9(2,3)14-8-6(4-13-14)7(10)11-5-12-8;1-2/h4H,1-3H3,(H2,11,12,13);4-5H,1-3H3,(H2,10,11,12);. The fraction of sp³-hybridized carbons (Fsp3) is 0.444. The molecular weight excluding hydrogens is 596 g/mol. The topological polar surface area (TPSA) is 139 Å². The Kier molecular flexibility index (Phi) is 7.98. The molecule has 4 aromatic rings. The first kappa shape index (κ1) is 25.4. The van der Waals surface area contributed by atoms with Gasteiger partial charge in [-0.25, -0.2) is 29.3 Å². The van der Waals surface area contributed by atoms with E-state index in [4.69, 9.17) is 11.5 Å². The van der Waals surface area contributed by atoms with Crippen LogP contribution in [0.3, 0.4) is 0 Å². The van der Waals surface area contributed by atoms with Gasteiger partial charge in [0.1, 0.15) is 28.9 Å². The molecule has 0 radical (unpaired) electrons. The van der Waals surface area contributed by atoms with Gasteiger partial charge in [-0.3, -0.25) is 0 Å². The van der Waals surface area contributed by atoms with Crippen molar-refractivity contribution in [3.63, 3.8) is 0 Å². The summed E-state index contributed by atoms with van der Waals surface area (Å²) in [5.74, 6) is 0.924. The van der Waals surface area contributed by atoms with Crippen molar-refractivity contribution in [1.29, 1.82) is 0 Å². The summed E-state index contributed by atoms with van der Waals surface area (Å²) >= 11 is 8.87. The predicted molar refractivity (Wildman–Crippen MR) is 135 cm³/mol. The summed E-state index contributed by atoms with van der Waals surface area (Å²) in [6.45, 7) is 12.4. The van der Waals surface area contributed by atoms with Crippen LogP contribution in [-0.2, 0) is 11.1 Å². The molecule has 0 bridgehead atoms. The summed E-state index contributed by atoms with van der Waals surface area (Å²) in [4.78, 5) is 16.2. The molecule has 4 heterocycles. The van der Waals surface area contributed by atoms with Crippen molar-refractivity contribution < 1.29 is 0 Å². The van der Waals surface area contributed by atoms with Crippen molar-refractivity contribution in [2.45, 2.75) is 52.6 Å². The molecule has 0 amide bonds. The first-order chi connectivity index (χ1) is 14.4. The Morgan fingerprint density at radius 2 is 1.29 bits per heavy atom. The lowest BCUT2D eigenvalue weighted by Gasteiger charge is -2.19. The smallest absolute Gasteiger partial charge is 0.165 e. The second-order valence-electron chi connectivity index (χ2n) is 8.55. The second kappa shape index (κ2) is 9.74. The van der Waals surface area contributed by atoms with E-state index in [1.54, 1.807) is 6.20 Å². The molecule has 4 aromatic heterocycles. The highest BCUT2D eigenvalue weighted by Gasteiger charge is 2.22. The van der Waals surface area contributed by atoms with Crippen LogP contribution in [-0.4, -0.2) is 39.5 Å². The molecule has 0 aliphatic carbocycles. The lowest BCUT2D eigenvalue weighted by molar-refractivity contribution is 0.364. The largest absolute Gasteiger partial charge is 0.383 e. The number of fused-ring (bicyclic) bond motifs is 2. The highest BCUT2D eigenvalue weighted by atomic mass is 80.9. The van der Waals surface area contributed by atoms with Crippen LogP contribution in [0.15, 0.2) is 23.5 Å². The van der Waals surface area contributed by atoms with Crippen molar-refractivity contribution in [2.24, 2.45) is 0 Å². The highest BCUT2D eigenvalue weighted by molar-refractivity contribution is 9.93. The molecule has 10 nitrogen and oxygen atoms in total. The fourth-order valence-corrected chi connectivity index (χ4v) is 3.29. The van der Waals surface area contributed by atoms with Crippen LogP contribution >= 0.6 is 44.2 Å². The first-order valence-electron chi connectivity index (χ1n) is 9.15. The molecule has 4 rings (SSSR count). The number of hydrogen-bond donors (Lipinski definition) is 2. The maximum absolute atomic E-state index is 5.78. The third-order valence-corrected chi connectivity index (χ3v) is 4.67. The Hall–Kier alpha value is -1.86. The number of nitrogen functional groups attached to an aromatic ring is 2. The quantitative estimate of drug-likeness (QED) is 0.286. The van der Waals surface area contributed by atoms with Crippen LogP contribution in [0.4, 0.5) is 11.6 Å². The minimum Gasteiger partial charge on any atom is -0.383 e. The third-order valence-electron chi connectivity index (χ3n) is 4.12. The molecular formula is C18H25Br3N10. The van der Waals surface area contributed by atoms with Crippen molar-refractivity contribution in [1.82, 2.24) is 39.5 Å². The third kappa shape index (κ3) is 5.50. The van der Waals surface area contributed by atoms with E-state index in [0.29, 0.717) is 16.2 Å². The summed E-state index contributed by atoms with van der Waals surface area (Å²) in [6.07, 6.45) is 4.62. The normalized spacial score (nSPS) is 11.6. The first-order valence-corrected chi connectivity index (χ1v) is 13.7. The van der Waals surface area contributed by atoms with E-state index in [2.05, 4.69) is 116 Å². The van der Waals surface area contributed by atoms with E-state index in [9.17, 15) is 0 Å². The summed E-state index contributed by atoms with van der Waals surface area (Å²) in [6, 6.07) is 0. The van der Waals surface area contributed by atoms with Crippen LogP contribution in [0.1, 0.15) is 41.5 Å². The predicted octanol–water partition coefficient (Wildman–Crippen LogP) is 4.78. The van der Waals surface area contributed by atoms with Gasteiger partial charge in [-0.05, 0) is 57.5 Å². The molecule has 0 saturated heterocycles. The Labute approximate surface area is 204 Å². The van der Waals surface area contributed by atoms with Crippen LogP contribution in [0.5, 0.6) is 0 Å². The monoisotopic (exact) mass is 618 g/mol. The van der Waals surface area contributed by atoms with Crippen LogP contribution in [0, 0.1) is 0 Å². The maximum atomic E-state index is 5.78. The molecule has 13 heteroatoms. The number of rotatable bonds is 0. The Bertz CT molecular complexity index is 1170. The second-order valence-corrected chi connectivity index (χ2v) is 9.31. The fourth-order valence-electron chi connectivity index (χ4n) is 2.75. The van der Waals surface area contributed by atoms with Gasteiger partial charge in [0.25, 0.3) is 0 Å². The molecule has 0 spiro atoms. The number of nitrogens with zero attached hydrogens (tertiary/aromatic N) is 8. The number of halogens is 3. The number of hydrogen-bond acceptors (Lipinski definition) is 8. The van der Waals surface area contributed by atoms with Gasteiger partial charge in [0.15, 0.2) is 11.3 Å². The van der Waals surface area contributed by atoms with E-state index < -0.39 is 0 Å². The van der Waals surface area contributed by atoms with Crippen molar-refractivity contribution >= 4 is 77.9 Å². The molecule has 0 fully saturated rings. The van der Waals surface area contributed by atoms with Gasteiger partial charge in [0, 0.05) is 28.3 Å². The SMILES string of the molecule is BrBr.CC(C)(C)n1nc(Br)c2c(N)ncnc21.CC(C)(C)n1ncc2c(N)ncnc21. The van der Waals surface area contributed by atoms with Crippen LogP contribution in [0.25, 0.3) is 22.1 Å². The minimum atomic E-state index is -0.134. The minimum absolute atomic E-state index is 0.0947. The average Bonchev–Trinajstić information content (AvgIpc) is 3.27. The number of nitrogens with two attached hydrogens (primary N) is 2. The van der Waals surface area contributed by atoms with Gasteiger partial charge < -0.3 is 11.5 Å². The molecule has 0 aromatic carbocycles. The maximum Gasteiger partial charge on any atom is 0.165 e. The molecule has 0 atom stereocenters. The lowest BCUT2D eigenvalue weighted by Crippen LogP contribution is -2.23. The number of aromatic nitrogens is 8. The van der Waals surface area contributed by atoms with Crippen molar-refractivity contribution in [2.75, 3.05) is 11.5 Å². The van der Waals surface area contributed by atoms with Gasteiger partial charge in [-0.1, -0.05) is 0 Å². The van der Waals surface area contributed by atoms with E-state index in [-0.39, 0.29) is 11.1 Å². The summed E-state index contributed by atoms with van der Waals surface area (Å²) in [7, 11) is 0. The Morgan fingerprint density at radius 3 is 1.84 bits per heavy atom. The Balaban J connectivity index is 0.000000204. The molecule has 31 heavy (non-hydrogen) atoms. The zero-order valence-corrected chi connectivity index (χ0v) is 22.9. The van der Waals surface area contributed by atoms with Crippen molar-refractivity contribution in [3.05, 3.63) is 23.5 Å². The summed E-state index contributed by atoms with van der Waals surface area (Å²) in [5, 5.41) is 10.2. The van der Waals surface area contributed by atoms with Gasteiger partial charge >= 0.3 is 0 Å².